The van der Waals surface area contributed by atoms with Gasteiger partial charge in [-0.15, -0.1) is 0 Å². The lowest BCUT2D eigenvalue weighted by molar-refractivity contribution is 1.41. The van der Waals surface area contributed by atoms with Crippen LogP contribution in [0, 0.1) is 0 Å². The topological polar surface area (TPSA) is 104 Å². The van der Waals surface area contributed by atoms with E-state index in [1.54, 1.807) is 23.5 Å². The molecular formula is C24H24N4S2. The smallest absolute Gasteiger partial charge is 0.0325 e. The lowest BCUT2D eigenvalue weighted by atomic mass is 10.3. The molecule has 0 radical (unpaired) electrons. The maximum atomic E-state index is 5.70. The molecule has 0 unspecified atom stereocenters. The molecule has 8 N–H and O–H groups in total. The van der Waals surface area contributed by atoms with E-state index in [0.717, 1.165) is 32.5 Å². The summed E-state index contributed by atoms with van der Waals surface area (Å²) in [5, 5.41) is 0. The highest BCUT2D eigenvalue weighted by Gasteiger charge is 1.98. The zero-order valence-electron chi connectivity index (χ0n) is 16.4. The molecule has 152 valence electrons. The van der Waals surface area contributed by atoms with Crippen molar-refractivity contribution >= 4 is 46.3 Å². The average Bonchev–Trinajstić information content (AvgIpc) is 2.74. The first kappa shape index (κ1) is 21.5. The third kappa shape index (κ3) is 6.99. The summed E-state index contributed by atoms with van der Waals surface area (Å²) in [4.78, 5) is 4.65. The molecule has 0 saturated carbocycles. The summed E-state index contributed by atoms with van der Waals surface area (Å²) in [7, 11) is 0. The van der Waals surface area contributed by atoms with Crippen LogP contribution in [-0.4, -0.2) is 0 Å². The van der Waals surface area contributed by atoms with Gasteiger partial charge in [0.25, 0.3) is 0 Å². The van der Waals surface area contributed by atoms with Gasteiger partial charge in [0.1, 0.15) is 0 Å². The van der Waals surface area contributed by atoms with Crippen LogP contribution < -0.4 is 22.9 Å². The lowest BCUT2D eigenvalue weighted by Gasteiger charge is -2.02. The Kier molecular flexibility index (Phi) is 7.54. The average molecular weight is 433 g/mol. The Labute approximate surface area is 185 Å². The van der Waals surface area contributed by atoms with E-state index in [9.17, 15) is 0 Å². The maximum Gasteiger partial charge on any atom is 0.0325 e. The Morgan fingerprint density at radius 1 is 0.367 bits per heavy atom. The third-order valence-corrected chi connectivity index (χ3v) is 5.98. The van der Waals surface area contributed by atoms with E-state index < -0.39 is 0 Å². The molecule has 30 heavy (non-hydrogen) atoms. The molecule has 4 aromatic carbocycles. The normalized spacial score (nSPS) is 10.1. The van der Waals surface area contributed by atoms with Crippen molar-refractivity contribution in [3.05, 3.63) is 97.1 Å². The van der Waals surface area contributed by atoms with Crippen molar-refractivity contribution < 1.29 is 0 Å². The van der Waals surface area contributed by atoms with Crippen molar-refractivity contribution in [3.63, 3.8) is 0 Å². The quantitative estimate of drug-likeness (QED) is 0.295. The second-order valence-electron chi connectivity index (χ2n) is 6.48. The minimum absolute atomic E-state index is 0.784. The highest BCUT2D eigenvalue weighted by molar-refractivity contribution is 7.99. The Morgan fingerprint density at radius 3 is 1.10 bits per heavy atom. The molecule has 0 bridgehead atoms. The molecule has 0 spiro atoms. The second-order valence-corrected chi connectivity index (χ2v) is 8.78. The Hall–Kier alpha value is -3.22. The summed E-state index contributed by atoms with van der Waals surface area (Å²) < 4.78 is 0. The minimum atomic E-state index is 0.784. The van der Waals surface area contributed by atoms with E-state index in [2.05, 4.69) is 0 Å². The fourth-order valence-corrected chi connectivity index (χ4v) is 4.16. The van der Waals surface area contributed by atoms with Crippen LogP contribution in [0.4, 0.5) is 22.7 Å². The summed E-state index contributed by atoms with van der Waals surface area (Å²) >= 11 is 3.37. The van der Waals surface area contributed by atoms with Crippen molar-refractivity contribution in [1.29, 1.82) is 0 Å². The molecule has 0 aliphatic rings. The molecule has 4 aromatic rings. The van der Waals surface area contributed by atoms with E-state index in [4.69, 9.17) is 22.9 Å². The molecule has 6 heteroatoms. The zero-order valence-corrected chi connectivity index (χ0v) is 18.0. The summed E-state index contributed by atoms with van der Waals surface area (Å²) in [6, 6.07) is 31.3. The van der Waals surface area contributed by atoms with Crippen molar-refractivity contribution in [1.82, 2.24) is 0 Å². The molecule has 0 atom stereocenters. The highest BCUT2D eigenvalue weighted by Crippen LogP contribution is 2.29. The van der Waals surface area contributed by atoms with Crippen LogP contribution in [-0.2, 0) is 0 Å². The van der Waals surface area contributed by atoms with Gasteiger partial charge in [0.15, 0.2) is 0 Å². The van der Waals surface area contributed by atoms with Gasteiger partial charge in [-0.3, -0.25) is 0 Å². The molecular weight excluding hydrogens is 408 g/mol. The van der Waals surface area contributed by atoms with Crippen LogP contribution in [0.25, 0.3) is 0 Å². The molecule has 0 aliphatic carbocycles. The van der Waals surface area contributed by atoms with Gasteiger partial charge in [-0.1, -0.05) is 29.6 Å². The second kappa shape index (κ2) is 10.5. The molecule has 4 nitrogen and oxygen atoms in total. The molecule has 0 heterocycles. The van der Waals surface area contributed by atoms with Crippen LogP contribution in [0.3, 0.4) is 0 Å². The van der Waals surface area contributed by atoms with Crippen molar-refractivity contribution in [2.75, 3.05) is 22.9 Å². The Bertz CT molecular complexity index is 1020. The number of benzene rings is 4. The van der Waals surface area contributed by atoms with Gasteiger partial charge in [-0.05, 0) is 91.0 Å². The number of nitrogen functional groups attached to an aromatic ring is 4. The standard InChI is InChI=1S/2C12H12N2S/c13-9-1-5-11(6-2-9)15-12-7-3-10(14)4-8-12;13-9-4-6-11(7-5-9)15-12-3-1-2-10(14)8-12/h2*1-8H,13-14H2. The molecule has 0 aliphatic heterocycles. The largest absolute Gasteiger partial charge is 0.399 e. The number of hydrogen-bond donors (Lipinski definition) is 4. The van der Waals surface area contributed by atoms with Gasteiger partial charge in [-0.25, -0.2) is 0 Å². The lowest BCUT2D eigenvalue weighted by Crippen LogP contribution is -1.84. The first-order chi connectivity index (χ1) is 14.5. The van der Waals surface area contributed by atoms with E-state index in [1.807, 2.05) is 97.1 Å². The fraction of sp³-hybridized carbons (Fsp3) is 0. The van der Waals surface area contributed by atoms with Gasteiger partial charge in [0.2, 0.25) is 0 Å². The zero-order chi connectivity index (χ0) is 21.3. The molecule has 0 amide bonds. The molecule has 0 saturated heterocycles. The van der Waals surface area contributed by atoms with Crippen LogP contribution in [0.2, 0.25) is 0 Å². The summed E-state index contributed by atoms with van der Waals surface area (Å²) in [6.45, 7) is 0. The van der Waals surface area contributed by atoms with Crippen LogP contribution in [0.1, 0.15) is 0 Å². The van der Waals surface area contributed by atoms with E-state index in [0.29, 0.717) is 0 Å². The highest BCUT2D eigenvalue weighted by atomic mass is 32.2. The molecule has 4 rings (SSSR count). The predicted octanol–water partition coefficient (Wildman–Crippen LogP) is 6.00. The van der Waals surface area contributed by atoms with E-state index >= 15 is 0 Å². The number of hydrogen-bond acceptors (Lipinski definition) is 6. The van der Waals surface area contributed by atoms with Crippen LogP contribution in [0.5, 0.6) is 0 Å². The van der Waals surface area contributed by atoms with E-state index in [-0.39, 0.29) is 0 Å². The van der Waals surface area contributed by atoms with Gasteiger partial charge in [-0.2, -0.15) is 0 Å². The van der Waals surface area contributed by atoms with Gasteiger partial charge >= 0.3 is 0 Å². The SMILES string of the molecule is Nc1ccc(Sc2ccc(N)cc2)cc1.Nc1ccc(Sc2cccc(N)c2)cc1. The maximum absolute atomic E-state index is 5.70. The van der Waals surface area contributed by atoms with Crippen molar-refractivity contribution in [2.24, 2.45) is 0 Å². The monoisotopic (exact) mass is 432 g/mol. The minimum Gasteiger partial charge on any atom is -0.399 e. The number of nitrogens with two attached hydrogens (primary N) is 4. The third-order valence-electron chi connectivity index (χ3n) is 3.97. The Morgan fingerprint density at radius 2 is 0.733 bits per heavy atom. The first-order valence-corrected chi connectivity index (χ1v) is 10.9. The van der Waals surface area contributed by atoms with Gasteiger partial charge < -0.3 is 22.9 Å². The first-order valence-electron chi connectivity index (χ1n) is 9.26. The molecule has 0 fully saturated rings. The van der Waals surface area contributed by atoms with Crippen molar-refractivity contribution in [2.45, 2.75) is 19.6 Å². The Balaban J connectivity index is 0.000000171. The summed E-state index contributed by atoms with van der Waals surface area (Å²) in [6.07, 6.45) is 0. The van der Waals surface area contributed by atoms with Crippen LogP contribution >= 0.6 is 23.5 Å². The predicted molar refractivity (Wildman–Crippen MR) is 132 cm³/mol. The van der Waals surface area contributed by atoms with Crippen LogP contribution in [0.15, 0.2) is 117 Å². The van der Waals surface area contributed by atoms with Gasteiger partial charge in [0.05, 0.1) is 0 Å². The number of anilines is 4. The number of rotatable bonds is 4. The fourth-order valence-electron chi connectivity index (χ4n) is 2.46. The summed E-state index contributed by atoms with van der Waals surface area (Å²) in [5.74, 6) is 0. The van der Waals surface area contributed by atoms with Crippen molar-refractivity contribution in [3.8, 4) is 0 Å². The summed E-state index contributed by atoms with van der Waals surface area (Å²) in [5.41, 5.74) is 25.7. The van der Waals surface area contributed by atoms with Gasteiger partial charge in [0, 0.05) is 42.3 Å². The van der Waals surface area contributed by atoms with E-state index in [1.165, 1.54) is 9.79 Å². The molecule has 0 aromatic heterocycles.